The van der Waals surface area contributed by atoms with E-state index in [2.05, 4.69) is 0 Å². The zero-order valence-electron chi connectivity index (χ0n) is 14.8. The second-order valence-corrected chi connectivity index (χ2v) is 9.67. The zero-order chi connectivity index (χ0) is 18.4. The summed E-state index contributed by atoms with van der Waals surface area (Å²) in [6.45, 7) is 8.31. The molecule has 1 heterocycles. The number of rotatable bonds is 2. The lowest BCUT2D eigenvalue weighted by Crippen LogP contribution is -2.53. The summed E-state index contributed by atoms with van der Waals surface area (Å²) < 4.78 is 34.3. The third-order valence-corrected chi connectivity index (χ3v) is 6.49. The number of aryl methyl sites for hydroxylation is 1. The van der Waals surface area contributed by atoms with Crippen molar-refractivity contribution in [2.75, 3.05) is 10.9 Å². The van der Waals surface area contributed by atoms with E-state index >= 15 is 0 Å². The van der Waals surface area contributed by atoms with Gasteiger partial charge < -0.3 is 4.74 Å². The summed E-state index contributed by atoms with van der Waals surface area (Å²) in [7, 11) is -3.75. The summed E-state index contributed by atoms with van der Waals surface area (Å²) in [5.41, 5.74) is 1.27. The molecule has 1 atom stereocenters. The van der Waals surface area contributed by atoms with Gasteiger partial charge >= 0.3 is 0 Å². The van der Waals surface area contributed by atoms with Crippen LogP contribution in [0.25, 0.3) is 0 Å². The van der Waals surface area contributed by atoms with Crippen LogP contribution in [0.4, 0.5) is 5.69 Å². The molecule has 0 saturated heterocycles. The predicted molar refractivity (Wildman–Crippen MR) is 101 cm³/mol. The molecule has 3 rings (SSSR count). The normalized spacial score (nSPS) is 17.8. The van der Waals surface area contributed by atoms with Gasteiger partial charge in [0.25, 0.3) is 10.0 Å². The van der Waals surface area contributed by atoms with E-state index in [1.165, 1.54) is 4.31 Å². The van der Waals surface area contributed by atoms with Crippen LogP contribution in [0.3, 0.4) is 0 Å². The molecule has 0 N–H and O–H groups in total. The first-order chi connectivity index (χ1) is 11.6. The number of anilines is 1. The summed E-state index contributed by atoms with van der Waals surface area (Å²) in [4.78, 5) is 0.223. The van der Waals surface area contributed by atoms with E-state index in [4.69, 9.17) is 16.3 Å². The molecule has 0 unspecified atom stereocenters. The van der Waals surface area contributed by atoms with Crippen LogP contribution in [0.2, 0.25) is 5.02 Å². The maximum atomic E-state index is 13.5. The minimum atomic E-state index is -3.75. The van der Waals surface area contributed by atoms with Gasteiger partial charge in [-0.3, -0.25) is 4.31 Å². The summed E-state index contributed by atoms with van der Waals surface area (Å²) in [6.07, 6.45) is 0. The molecule has 6 heteroatoms. The highest BCUT2D eigenvalue weighted by Gasteiger charge is 2.42. The molecule has 0 aromatic heterocycles. The van der Waals surface area contributed by atoms with Crippen LogP contribution in [-0.4, -0.2) is 21.1 Å². The fourth-order valence-corrected chi connectivity index (χ4v) is 4.89. The Labute approximate surface area is 154 Å². The van der Waals surface area contributed by atoms with Crippen molar-refractivity contribution >= 4 is 27.3 Å². The van der Waals surface area contributed by atoms with E-state index in [-0.39, 0.29) is 16.4 Å². The summed E-state index contributed by atoms with van der Waals surface area (Å²) in [5.74, 6) is 0.587. The van der Waals surface area contributed by atoms with Crippen LogP contribution in [-0.2, 0) is 10.0 Å². The predicted octanol–water partition coefficient (Wildman–Crippen LogP) is 4.65. The van der Waals surface area contributed by atoms with Crippen molar-refractivity contribution in [3.8, 4) is 5.75 Å². The van der Waals surface area contributed by atoms with Gasteiger partial charge in [-0.1, -0.05) is 38.4 Å². The molecule has 134 valence electrons. The Morgan fingerprint density at radius 3 is 2.36 bits per heavy atom. The Kier molecular flexibility index (Phi) is 4.50. The Morgan fingerprint density at radius 2 is 1.76 bits per heavy atom. The van der Waals surface area contributed by atoms with Crippen molar-refractivity contribution < 1.29 is 13.2 Å². The number of halogens is 1. The molecule has 25 heavy (non-hydrogen) atoms. The highest BCUT2D eigenvalue weighted by molar-refractivity contribution is 7.92. The molecule has 2 aromatic carbocycles. The van der Waals surface area contributed by atoms with E-state index < -0.39 is 10.0 Å². The van der Waals surface area contributed by atoms with Crippen molar-refractivity contribution in [3.05, 3.63) is 53.1 Å². The first-order valence-corrected chi connectivity index (χ1v) is 9.96. The molecule has 0 aliphatic carbocycles. The van der Waals surface area contributed by atoms with Crippen LogP contribution in [0.1, 0.15) is 26.3 Å². The first kappa shape index (κ1) is 18.1. The molecule has 0 fully saturated rings. The van der Waals surface area contributed by atoms with Crippen molar-refractivity contribution in [2.24, 2.45) is 5.41 Å². The van der Waals surface area contributed by atoms with Gasteiger partial charge in [-0.25, -0.2) is 8.42 Å². The lowest BCUT2D eigenvalue weighted by atomic mass is 9.86. The van der Waals surface area contributed by atoms with E-state index in [1.807, 2.05) is 45.9 Å². The Morgan fingerprint density at radius 1 is 1.12 bits per heavy atom. The van der Waals surface area contributed by atoms with Gasteiger partial charge in [-0.2, -0.15) is 0 Å². The number of fused-ring (bicyclic) bond motifs is 1. The van der Waals surface area contributed by atoms with Gasteiger partial charge in [-0.05, 0) is 54.3 Å². The lowest BCUT2D eigenvalue weighted by molar-refractivity contribution is 0.193. The monoisotopic (exact) mass is 379 g/mol. The number of ether oxygens (including phenoxy) is 1. The average molecular weight is 380 g/mol. The molecular weight excluding hydrogens is 358 g/mol. The number of sulfonamides is 1. The number of hydrogen-bond acceptors (Lipinski definition) is 3. The van der Waals surface area contributed by atoms with E-state index in [0.29, 0.717) is 23.1 Å². The highest BCUT2D eigenvalue weighted by atomic mass is 35.5. The van der Waals surface area contributed by atoms with Crippen LogP contribution >= 0.6 is 11.6 Å². The van der Waals surface area contributed by atoms with Gasteiger partial charge in [0.1, 0.15) is 12.4 Å². The quantitative estimate of drug-likeness (QED) is 0.762. The zero-order valence-corrected chi connectivity index (χ0v) is 16.4. The van der Waals surface area contributed by atoms with Gasteiger partial charge in [-0.15, -0.1) is 0 Å². The van der Waals surface area contributed by atoms with Gasteiger partial charge in [0, 0.05) is 5.02 Å². The van der Waals surface area contributed by atoms with Crippen LogP contribution < -0.4 is 9.04 Å². The minimum absolute atomic E-state index is 0.223. The Bertz CT molecular complexity index is 886. The molecule has 2 aromatic rings. The molecule has 0 radical (unpaired) electrons. The van der Waals surface area contributed by atoms with Crippen molar-refractivity contribution in [2.45, 2.75) is 38.6 Å². The molecule has 0 spiro atoms. The van der Waals surface area contributed by atoms with Crippen molar-refractivity contribution in [1.82, 2.24) is 0 Å². The fraction of sp³-hybridized carbons (Fsp3) is 0.368. The van der Waals surface area contributed by atoms with Crippen LogP contribution in [0.5, 0.6) is 5.75 Å². The molecule has 0 amide bonds. The maximum Gasteiger partial charge on any atom is 0.264 e. The number of hydrogen-bond donors (Lipinski definition) is 0. The average Bonchev–Trinajstić information content (AvgIpc) is 2.53. The first-order valence-electron chi connectivity index (χ1n) is 8.14. The van der Waals surface area contributed by atoms with Crippen molar-refractivity contribution in [3.63, 3.8) is 0 Å². The SMILES string of the molecule is Cc1ccc2c(c1)N(S(=O)(=O)c1ccc(Cl)cc1)[C@@H](C(C)(C)C)CO2. The molecule has 1 aliphatic rings. The summed E-state index contributed by atoms with van der Waals surface area (Å²) in [5, 5.41) is 0.504. The van der Waals surface area contributed by atoms with Crippen molar-refractivity contribution in [1.29, 1.82) is 0 Å². The van der Waals surface area contributed by atoms with Crippen LogP contribution in [0, 0.1) is 12.3 Å². The summed E-state index contributed by atoms with van der Waals surface area (Å²) >= 11 is 5.92. The number of benzene rings is 2. The van der Waals surface area contributed by atoms with E-state index in [0.717, 1.165) is 5.56 Å². The second-order valence-electron chi connectivity index (χ2n) is 7.42. The second kappa shape index (κ2) is 6.22. The molecule has 0 saturated carbocycles. The number of nitrogens with zero attached hydrogens (tertiary/aromatic N) is 1. The Hall–Kier alpha value is -1.72. The molecule has 1 aliphatic heterocycles. The fourth-order valence-electron chi connectivity index (χ4n) is 2.94. The molecule has 4 nitrogen and oxygen atoms in total. The topological polar surface area (TPSA) is 46.6 Å². The lowest BCUT2D eigenvalue weighted by Gasteiger charge is -2.43. The smallest absolute Gasteiger partial charge is 0.264 e. The largest absolute Gasteiger partial charge is 0.489 e. The van der Waals surface area contributed by atoms with E-state index in [1.54, 1.807) is 24.3 Å². The maximum absolute atomic E-state index is 13.5. The standard InChI is InChI=1S/C19H22ClNO3S/c1-13-5-10-17-16(11-13)21(18(12-24-17)19(2,3)4)25(22,23)15-8-6-14(20)7-9-15/h5-11,18H,12H2,1-4H3/t18-/m1/s1. The minimum Gasteiger partial charge on any atom is -0.489 e. The summed E-state index contributed by atoms with van der Waals surface area (Å²) in [6, 6.07) is 11.6. The van der Waals surface area contributed by atoms with E-state index in [9.17, 15) is 8.42 Å². The molecule has 0 bridgehead atoms. The third-order valence-electron chi connectivity index (χ3n) is 4.40. The highest BCUT2D eigenvalue weighted by Crippen LogP contribution is 2.42. The Balaban J connectivity index is 2.21. The van der Waals surface area contributed by atoms with Gasteiger partial charge in [0.05, 0.1) is 16.6 Å². The van der Waals surface area contributed by atoms with Crippen LogP contribution in [0.15, 0.2) is 47.4 Å². The third kappa shape index (κ3) is 3.35. The van der Waals surface area contributed by atoms with Gasteiger partial charge in [0.15, 0.2) is 0 Å². The van der Waals surface area contributed by atoms with Gasteiger partial charge in [0.2, 0.25) is 0 Å². The molecular formula is C19H22ClNO3S.